The molecule has 6 heteroatoms. The van der Waals surface area contributed by atoms with Crippen molar-refractivity contribution in [2.75, 3.05) is 0 Å². The molecule has 72 valence electrons. The van der Waals surface area contributed by atoms with Gasteiger partial charge in [-0.3, -0.25) is 0 Å². The number of aliphatic hydroxyl groups is 1. The second kappa shape index (κ2) is 4.23. The molecule has 1 N–H and O–H groups in total. The first-order chi connectivity index (χ1) is 6.06. The molecule has 1 aromatic rings. The van der Waals surface area contributed by atoms with Gasteiger partial charge in [0.25, 0.3) is 6.43 Å². The Morgan fingerprint density at radius 2 is 2.15 bits per heavy atom. The van der Waals surface area contributed by atoms with E-state index in [9.17, 15) is 13.2 Å². The number of aromatic nitrogens is 1. The van der Waals surface area contributed by atoms with Gasteiger partial charge in [0.1, 0.15) is 5.69 Å². The van der Waals surface area contributed by atoms with Crippen LogP contribution in [0.15, 0.2) is 6.07 Å². The minimum Gasteiger partial charge on any atom is -0.392 e. The van der Waals surface area contributed by atoms with Crippen molar-refractivity contribution in [1.82, 2.24) is 4.98 Å². The molecule has 0 unspecified atom stereocenters. The molecule has 1 aromatic heterocycles. The smallest absolute Gasteiger partial charge is 0.280 e. The van der Waals surface area contributed by atoms with Gasteiger partial charge in [0.2, 0.25) is 5.95 Å². The maximum absolute atomic E-state index is 12.7. The van der Waals surface area contributed by atoms with Gasteiger partial charge in [-0.2, -0.15) is 4.39 Å². The van der Waals surface area contributed by atoms with Gasteiger partial charge in [0.05, 0.1) is 10.2 Å². The van der Waals surface area contributed by atoms with E-state index in [0.717, 1.165) is 6.07 Å². The molecule has 1 heterocycles. The summed E-state index contributed by atoms with van der Waals surface area (Å²) in [6, 6.07) is 1.16. The lowest BCUT2D eigenvalue weighted by molar-refractivity contribution is 0.140. The van der Waals surface area contributed by atoms with E-state index in [1.807, 2.05) is 0 Å². The highest BCUT2D eigenvalue weighted by Gasteiger charge is 2.17. The molecule has 0 bridgehead atoms. The van der Waals surface area contributed by atoms with Crippen LogP contribution in [0.25, 0.3) is 0 Å². The van der Waals surface area contributed by atoms with Gasteiger partial charge in [-0.25, -0.2) is 13.8 Å². The van der Waals surface area contributed by atoms with Gasteiger partial charge < -0.3 is 5.11 Å². The minimum absolute atomic E-state index is 0.0409. The maximum atomic E-state index is 12.7. The van der Waals surface area contributed by atoms with Crippen molar-refractivity contribution < 1.29 is 18.3 Å². The van der Waals surface area contributed by atoms with Crippen molar-refractivity contribution in [3.8, 4) is 0 Å². The summed E-state index contributed by atoms with van der Waals surface area (Å²) < 4.78 is 37.2. The van der Waals surface area contributed by atoms with Gasteiger partial charge in [0, 0.05) is 5.56 Å². The molecule has 0 aliphatic rings. The van der Waals surface area contributed by atoms with E-state index in [1.54, 1.807) is 22.6 Å². The number of rotatable bonds is 2. The normalized spacial score (nSPS) is 10.9. The molecule has 1 rings (SSSR count). The topological polar surface area (TPSA) is 33.1 Å². The number of halogens is 4. The van der Waals surface area contributed by atoms with Gasteiger partial charge in [-0.05, 0) is 28.7 Å². The molecule has 0 amide bonds. The lowest BCUT2D eigenvalue weighted by atomic mass is 10.2. The fraction of sp³-hybridized carbons (Fsp3) is 0.286. The fourth-order valence-electron chi connectivity index (χ4n) is 0.833. The van der Waals surface area contributed by atoms with Crippen molar-refractivity contribution >= 4 is 22.6 Å². The van der Waals surface area contributed by atoms with Crippen LogP contribution in [0, 0.1) is 9.52 Å². The monoisotopic (exact) mass is 303 g/mol. The standard InChI is InChI=1S/C7H5F3INO/c8-6(9)5-3(2-13)1-4(11)7(10)12-5/h1,6,13H,2H2. The summed E-state index contributed by atoms with van der Waals surface area (Å²) >= 11 is 1.62. The van der Waals surface area contributed by atoms with Crippen LogP contribution in [0.4, 0.5) is 13.2 Å². The van der Waals surface area contributed by atoms with E-state index in [1.165, 1.54) is 0 Å². The number of nitrogens with zero attached hydrogens (tertiary/aromatic N) is 1. The Morgan fingerprint density at radius 1 is 1.54 bits per heavy atom. The predicted molar refractivity (Wildman–Crippen MR) is 47.8 cm³/mol. The lowest BCUT2D eigenvalue weighted by Crippen LogP contribution is -2.02. The Labute approximate surface area is 85.9 Å². The molecule has 0 radical (unpaired) electrons. The zero-order valence-electron chi connectivity index (χ0n) is 6.27. The molecule has 2 nitrogen and oxygen atoms in total. The zero-order valence-corrected chi connectivity index (χ0v) is 8.43. The summed E-state index contributed by atoms with van der Waals surface area (Å²) in [4.78, 5) is 3.06. The third-order valence-electron chi connectivity index (χ3n) is 1.42. The molecular weight excluding hydrogens is 298 g/mol. The van der Waals surface area contributed by atoms with Crippen LogP contribution in [0.5, 0.6) is 0 Å². The van der Waals surface area contributed by atoms with Gasteiger partial charge in [0.15, 0.2) is 0 Å². The number of hydrogen-bond acceptors (Lipinski definition) is 2. The minimum atomic E-state index is -2.87. The van der Waals surface area contributed by atoms with Gasteiger partial charge >= 0.3 is 0 Å². The van der Waals surface area contributed by atoms with Crippen LogP contribution >= 0.6 is 22.6 Å². The summed E-state index contributed by atoms with van der Waals surface area (Å²) in [5.41, 5.74) is -0.735. The van der Waals surface area contributed by atoms with Crippen LogP contribution < -0.4 is 0 Å². The summed E-state index contributed by atoms with van der Waals surface area (Å²) in [5, 5.41) is 8.68. The molecule has 0 atom stereocenters. The number of alkyl halides is 2. The first-order valence-electron chi connectivity index (χ1n) is 3.30. The van der Waals surface area contributed by atoms with Crippen LogP contribution in [0.3, 0.4) is 0 Å². The highest BCUT2D eigenvalue weighted by molar-refractivity contribution is 14.1. The Kier molecular flexibility index (Phi) is 3.48. The number of hydrogen-bond donors (Lipinski definition) is 1. The highest BCUT2D eigenvalue weighted by atomic mass is 127. The molecule has 0 spiro atoms. The molecule has 0 saturated heterocycles. The lowest BCUT2D eigenvalue weighted by Gasteiger charge is -2.06. The third-order valence-corrected chi connectivity index (χ3v) is 2.18. The van der Waals surface area contributed by atoms with Gasteiger partial charge in [-0.1, -0.05) is 0 Å². The van der Waals surface area contributed by atoms with E-state index < -0.39 is 24.7 Å². The average molecular weight is 303 g/mol. The number of aliphatic hydroxyl groups excluding tert-OH is 1. The summed E-state index contributed by atoms with van der Waals surface area (Å²) in [6.07, 6.45) is -2.87. The first-order valence-corrected chi connectivity index (χ1v) is 4.38. The van der Waals surface area contributed by atoms with Gasteiger partial charge in [-0.15, -0.1) is 0 Å². The van der Waals surface area contributed by atoms with E-state index >= 15 is 0 Å². The van der Waals surface area contributed by atoms with Crippen molar-refractivity contribution in [2.45, 2.75) is 13.0 Å². The molecule has 13 heavy (non-hydrogen) atoms. The van der Waals surface area contributed by atoms with E-state index in [4.69, 9.17) is 5.11 Å². The maximum Gasteiger partial charge on any atom is 0.280 e. The Hall–Kier alpha value is -0.370. The highest BCUT2D eigenvalue weighted by Crippen LogP contribution is 2.23. The van der Waals surface area contributed by atoms with Crippen molar-refractivity contribution in [2.24, 2.45) is 0 Å². The quantitative estimate of drug-likeness (QED) is 0.671. The van der Waals surface area contributed by atoms with Crippen molar-refractivity contribution in [1.29, 1.82) is 0 Å². The summed E-state index contributed by atoms with van der Waals surface area (Å²) in [6.45, 7) is -0.567. The number of pyridine rings is 1. The molecule has 0 aliphatic carbocycles. The van der Waals surface area contributed by atoms with E-state index in [2.05, 4.69) is 4.98 Å². The Bertz CT molecular complexity index is 319. The predicted octanol–water partition coefficient (Wildman–Crippen LogP) is 2.26. The third kappa shape index (κ3) is 2.31. The van der Waals surface area contributed by atoms with Crippen molar-refractivity contribution in [3.63, 3.8) is 0 Å². The molecular formula is C7H5F3INO. The second-order valence-corrected chi connectivity index (χ2v) is 3.43. The van der Waals surface area contributed by atoms with Crippen LogP contribution in [-0.2, 0) is 6.61 Å². The summed E-state index contributed by atoms with van der Waals surface area (Å²) in [7, 11) is 0. The zero-order chi connectivity index (χ0) is 10.0. The van der Waals surface area contributed by atoms with E-state index in [-0.39, 0.29) is 9.13 Å². The van der Waals surface area contributed by atoms with Crippen LogP contribution in [-0.4, -0.2) is 10.1 Å². The molecule has 0 aromatic carbocycles. The molecule has 0 aliphatic heterocycles. The molecule has 0 fully saturated rings. The van der Waals surface area contributed by atoms with Crippen LogP contribution in [0.2, 0.25) is 0 Å². The van der Waals surface area contributed by atoms with Crippen LogP contribution in [0.1, 0.15) is 17.7 Å². The average Bonchev–Trinajstić information content (AvgIpc) is 2.08. The second-order valence-electron chi connectivity index (χ2n) is 2.26. The largest absolute Gasteiger partial charge is 0.392 e. The van der Waals surface area contributed by atoms with Crippen molar-refractivity contribution in [3.05, 3.63) is 26.8 Å². The summed E-state index contributed by atoms with van der Waals surface area (Å²) in [5.74, 6) is -0.937. The van der Waals surface area contributed by atoms with E-state index in [0.29, 0.717) is 0 Å². The SMILES string of the molecule is OCc1cc(I)c(F)nc1C(F)F. The fourth-order valence-corrected chi connectivity index (χ4v) is 1.33. The Balaban J connectivity index is 3.25. The Morgan fingerprint density at radius 3 is 2.62 bits per heavy atom. The molecule has 0 saturated carbocycles. The first kappa shape index (κ1) is 10.7.